The van der Waals surface area contributed by atoms with E-state index < -0.39 is 0 Å². The summed E-state index contributed by atoms with van der Waals surface area (Å²) < 4.78 is 0. The molecule has 0 aliphatic carbocycles. The van der Waals surface area contributed by atoms with E-state index in [2.05, 4.69) is 25.8 Å². The van der Waals surface area contributed by atoms with Crippen LogP contribution in [-0.2, 0) is 4.79 Å². The highest BCUT2D eigenvalue weighted by molar-refractivity contribution is 5.75. The number of hydrogen-bond acceptors (Lipinski definition) is 2. The van der Waals surface area contributed by atoms with Crippen molar-refractivity contribution in [3.63, 3.8) is 0 Å². The van der Waals surface area contributed by atoms with Crippen LogP contribution < -0.4 is 0 Å². The minimum absolute atomic E-state index is 0.288. The maximum Gasteiger partial charge on any atom is 0.131 e. The number of hydrogen-bond donors (Lipinski definition) is 0. The molecule has 2 nitrogen and oxygen atoms in total. The number of Topliss-reactive ketones (excluding diaryl/α,β-unsaturated/α-hetero) is 1. The fourth-order valence-corrected chi connectivity index (χ4v) is 1.23. The molecule has 0 saturated heterocycles. The molecule has 0 unspecified atom stereocenters. The van der Waals surface area contributed by atoms with Crippen LogP contribution in [0.1, 0.15) is 40.0 Å². The summed E-state index contributed by atoms with van der Waals surface area (Å²) in [6, 6.07) is 0. The van der Waals surface area contributed by atoms with E-state index in [1.54, 1.807) is 6.92 Å². The van der Waals surface area contributed by atoms with Gasteiger partial charge >= 0.3 is 0 Å². The quantitative estimate of drug-likeness (QED) is 0.606. The zero-order valence-electron chi connectivity index (χ0n) is 9.47. The number of rotatable bonds is 7. The third-order valence-corrected chi connectivity index (χ3v) is 2.17. The van der Waals surface area contributed by atoms with Crippen LogP contribution in [0.25, 0.3) is 0 Å². The predicted octanol–water partition coefficient (Wildman–Crippen LogP) is 2.33. The Labute approximate surface area is 82.3 Å². The van der Waals surface area contributed by atoms with Gasteiger partial charge in [-0.25, -0.2) is 0 Å². The second kappa shape index (κ2) is 7.07. The van der Waals surface area contributed by atoms with Gasteiger partial charge in [0.1, 0.15) is 5.78 Å². The molecule has 0 N–H and O–H groups in total. The second-order valence-electron chi connectivity index (χ2n) is 4.29. The Morgan fingerprint density at radius 1 is 1.31 bits per heavy atom. The molecule has 0 aromatic carbocycles. The summed E-state index contributed by atoms with van der Waals surface area (Å²) in [7, 11) is 2.09. The van der Waals surface area contributed by atoms with Crippen molar-refractivity contribution in [3.8, 4) is 0 Å². The zero-order valence-corrected chi connectivity index (χ0v) is 9.47. The topological polar surface area (TPSA) is 20.3 Å². The van der Waals surface area contributed by atoms with Gasteiger partial charge in [0.05, 0.1) is 0 Å². The smallest absolute Gasteiger partial charge is 0.131 e. The van der Waals surface area contributed by atoms with E-state index in [1.807, 2.05) is 0 Å². The monoisotopic (exact) mass is 185 g/mol. The molecule has 0 fully saturated rings. The van der Waals surface area contributed by atoms with Gasteiger partial charge in [-0.3, -0.25) is 4.79 Å². The average molecular weight is 185 g/mol. The van der Waals surface area contributed by atoms with Gasteiger partial charge in [-0.1, -0.05) is 13.8 Å². The summed E-state index contributed by atoms with van der Waals surface area (Å²) >= 11 is 0. The molecular weight excluding hydrogens is 162 g/mol. The van der Waals surface area contributed by atoms with Crippen molar-refractivity contribution in [1.29, 1.82) is 0 Å². The molecule has 78 valence electrons. The molecule has 0 amide bonds. The van der Waals surface area contributed by atoms with E-state index in [-0.39, 0.29) is 5.78 Å². The largest absolute Gasteiger partial charge is 0.306 e. The first kappa shape index (κ1) is 12.6. The van der Waals surface area contributed by atoms with Crippen molar-refractivity contribution < 1.29 is 4.79 Å². The average Bonchev–Trinajstić information content (AvgIpc) is 2.00. The molecule has 0 rings (SSSR count). The summed E-state index contributed by atoms with van der Waals surface area (Å²) in [6.07, 6.45) is 3.22. The van der Waals surface area contributed by atoms with Gasteiger partial charge in [-0.15, -0.1) is 0 Å². The molecule has 0 aromatic rings. The number of carbonyl (C=O) groups excluding carboxylic acids is 1. The molecule has 0 bridgehead atoms. The first-order valence-corrected chi connectivity index (χ1v) is 5.20. The fraction of sp³-hybridized carbons (Fsp3) is 0.909. The van der Waals surface area contributed by atoms with Gasteiger partial charge in [0.2, 0.25) is 0 Å². The molecule has 0 radical (unpaired) electrons. The first-order valence-electron chi connectivity index (χ1n) is 5.20. The minimum atomic E-state index is 0.288. The van der Waals surface area contributed by atoms with E-state index in [0.717, 1.165) is 19.0 Å². The lowest BCUT2D eigenvalue weighted by Crippen LogP contribution is -2.22. The normalized spacial score (nSPS) is 11.2. The van der Waals surface area contributed by atoms with Gasteiger partial charge in [-0.2, -0.15) is 0 Å². The first-order chi connectivity index (χ1) is 6.02. The molecule has 0 atom stereocenters. The van der Waals surface area contributed by atoms with E-state index in [0.29, 0.717) is 6.42 Å². The highest BCUT2D eigenvalue weighted by Gasteiger charge is 2.01. The van der Waals surface area contributed by atoms with Gasteiger partial charge in [0, 0.05) is 13.0 Å². The third-order valence-electron chi connectivity index (χ3n) is 2.17. The molecule has 0 saturated carbocycles. The Morgan fingerprint density at radius 2 is 1.92 bits per heavy atom. The van der Waals surface area contributed by atoms with Gasteiger partial charge in [0.15, 0.2) is 0 Å². The van der Waals surface area contributed by atoms with Crippen molar-refractivity contribution in [2.24, 2.45) is 5.92 Å². The van der Waals surface area contributed by atoms with Crippen molar-refractivity contribution in [2.45, 2.75) is 40.0 Å². The van der Waals surface area contributed by atoms with Gasteiger partial charge in [-0.05, 0) is 39.3 Å². The van der Waals surface area contributed by atoms with Crippen LogP contribution in [0.5, 0.6) is 0 Å². The molecule has 0 heterocycles. The SMILES string of the molecule is CC(=O)CCN(C)CCCC(C)C. The van der Waals surface area contributed by atoms with Crippen LogP contribution in [0.15, 0.2) is 0 Å². The predicted molar refractivity (Wildman–Crippen MR) is 56.9 cm³/mol. The lowest BCUT2D eigenvalue weighted by Gasteiger charge is -2.15. The van der Waals surface area contributed by atoms with Crippen LogP contribution >= 0.6 is 0 Å². The Morgan fingerprint density at radius 3 is 2.38 bits per heavy atom. The van der Waals surface area contributed by atoms with Crippen LogP contribution in [0, 0.1) is 5.92 Å². The maximum absolute atomic E-state index is 10.7. The lowest BCUT2D eigenvalue weighted by molar-refractivity contribution is -0.117. The van der Waals surface area contributed by atoms with E-state index in [9.17, 15) is 4.79 Å². The summed E-state index contributed by atoms with van der Waals surface area (Å²) in [6.45, 7) is 8.17. The Balaban J connectivity index is 3.30. The van der Waals surface area contributed by atoms with E-state index in [4.69, 9.17) is 0 Å². The lowest BCUT2D eigenvalue weighted by atomic mass is 10.1. The van der Waals surface area contributed by atoms with Crippen molar-refractivity contribution in [2.75, 3.05) is 20.1 Å². The summed E-state index contributed by atoms with van der Waals surface area (Å²) in [5.74, 6) is 1.08. The van der Waals surface area contributed by atoms with Crippen LogP contribution in [0.4, 0.5) is 0 Å². The fourth-order valence-electron chi connectivity index (χ4n) is 1.23. The van der Waals surface area contributed by atoms with E-state index >= 15 is 0 Å². The van der Waals surface area contributed by atoms with Crippen LogP contribution in [0.3, 0.4) is 0 Å². The molecule has 0 spiro atoms. The van der Waals surface area contributed by atoms with Gasteiger partial charge < -0.3 is 4.90 Å². The summed E-state index contributed by atoms with van der Waals surface area (Å²) in [5, 5.41) is 0. The van der Waals surface area contributed by atoms with Crippen molar-refractivity contribution in [3.05, 3.63) is 0 Å². The molecule has 13 heavy (non-hydrogen) atoms. The number of ketones is 1. The van der Waals surface area contributed by atoms with Gasteiger partial charge in [0.25, 0.3) is 0 Å². The molecule has 0 aliphatic rings. The van der Waals surface area contributed by atoms with E-state index in [1.165, 1.54) is 12.8 Å². The summed E-state index contributed by atoms with van der Waals surface area (Å²) in [4.78, 5) is 12.9. The molecule has 0 aromatic heterocycles. The Bertz CT molecular complexity index is 143. The second-order valence-corrected chi connectivity index (χ2v) is 4.29. The Hall–Kier alpha value is -0.370. The zero-order chi connectivity index (χ0) is 10.3. The van der Waals surface area contributed by atoms with Crippen LogP contribution in [-0.4, -0.2) is 30.8 Å². The van der Waals surface area contributed by atoms with Crippen LogP contribution in [0.2, 0.25) is 0 Å². The minimum Gasteiger partial charge on any atom is -0.306 e. The standard InChI is InChI=1S/C11H23NO/c1-10(2)6-5-8-12(4)9-7-11(3)13/h10H,5-9H2,1-4H3. The molecular formula is C11H23NO. The summed E-state index contributed by atoms with van der Waals surface area (Å²) in [5.41, 5.74) is 0. The number of nitrogens with zero attached hydrogens (tertiary/aromatic N) is 1. The molecule has 2 heteroatoms. The molecule has 0 aliphatic heterocycles. The third kappa shape index (κ3) is 9.54. The van der Waals surface area contributed by atoms with Crippen molar-refractivity contribution >= 4 is 5.78 Å². The highest BCUT2D eigenvalue weighted by atomic mass is 16.1. The Kier molecular flexibility index (Phi) is 6.87. The highest BCUT2D eigenvalue weighted by Crippen LogP contribution is 2.04. The van der Waals surface area contributed by atoms with Crippen molar-refractivity contribution in [1.82, 2.24) is 4.90 Å². The number of carbonyl (C=O) groups is 1. The maximum atomic E-state index is 10.7.